The first-order valence-electron chi connectivity index (χ1n) is 12.3. The molecule has 33 heavy (non-hydrogen) atoms. The monoisotopic (exact) mass is 447 g/mol. The zero-order valence-corrected chi connectivity index (χ0v) is 21.7. The van der Waals surface area contributed by atoms with Crippen molar-refractivity contribution < 1.29 is 9.53 Å². The summed E-state index contributed by atoms with van der Waals surface area (Å²) in [6, 6.07) is 12.4. The van der Waals surface area contributed by atoms with Crippen LogP contribution in [0.5, 0.6) is 0 Å². The molecule has 0 bridgehead atoms. The molecule has 3 rings (SSSR count). The van der Waals surface area contributed by atoms with Crippen LogP contribution in [0, 0.1) is 6.92 Å². The number of carbonyl (C=O) groups excluding carboxylic acids is 1. The Kier molecular flexibility index (Phi) is 7.53. The van der Waals surface area contributed by atoms with Crippen LogP contribution in [0.2, 0.25) is 0 Å². The molecule has 2 aromatic rings. The molecule has 0 radical (unpaired) electrons. The Balaban J connectivity index is 1.79. The SMILES string of the molecule is C=C(c1ccc(C(=O)OCCN(CC)CC)cc1)c1cc2c(cc1C)C(C)(C)CCC2(C)C. The van der Waals surface area contributed by atoms with Crippen LogP contribution < -0.4 is 0 Å². The minimum absolute atomic E-state index is 0.159. The van der Waals surface area contributed by atoms with E-state index in [-0.39, 0.29) is 16.8 Å². The first-order valence-corrected chi connectivity index (χ1v) is 12.3. The summed E-state index contributed by atoms with van der Waals surface area (Å²) in [5.41, 5.74) is 8.32. The van der Waals surface area contributed by atoms with Crippen LogP contribution in [0.1, 0.15) is 92.6 Å². The number of rotatable bonds is 8. The fraction of sp³-hybridized carbons (Fsp3) is 0.500. The fourth-order valence-electron chi connectivity index (χ4n) is 4.90. The molecule has 0 saturated heterocycles. The van der Waals surface area contributed by atoms with Crippen LogP contribution in [-0.4, -0.2) is 37.1 Å². The smallest absolute Gasteiger partial charge is 0.338 e. The van der Waals surface area contributed by atoms with Crippen molar-refractivity contribution in [3.8, 4) is 0 Å². The molecule has 1 aliphatic carbocycles. The molecule has 178 valence electrons. The minimum Gasteiger partial charge on any atom is -0.461 e. The van der Waals surface area contributed by atoms with Crippen LogP contribution in [-0.2, 0) is 15.6 Å². The van der Waals surface area contributed by atoms with Crippen LogP contribution in [0.3, 0.4) is 0 Å². The van der Waals surface area contributed by atoms with Crippen molar-refractivity contribution in [3.05, 3.63) is 76.4 Å². The van der Waals surface area contributed by atoms with Crippen molar-refractivity contribution in [2.45, 2.75) is 72.1 Å². The number of hydrogen-bond acceptors (Lipinski definition) is 3. The molecule has 1 aliphatic rings. The topological polar surface area (TPSA) is 29.5 Å². The molecule has 0 N–H and O–H groups in total. The summed E-state index contributed by atoms with van der Waals surface area (Å²) in [6.45, 7) is 23.3. The van der Waals surface area contributed by atoms with E-state index in [1.54, 1.807) is 0 Å². The summed E-state index contributed by atoms with van der Waals surface area (Å²) < 4.78 is 5.47. The van der Waals surface area contributed by atoms with Gasteiger partial charge >= 0.3 is 5.97 Å². The zero-order chi connectivity index (χ0) is 24.4. The second-order valence-electron chi connectivity index (χ2n) is 10.7. The number of likely N-dealkylation sites (N-methyl/N-ethyl adjacent to an activating group) is 1. The predicted octanol–water partition coefficient (Wildman–Crippen LogP) is 6.90. The number of esters is 1. The average Bonchev–Trinajstić information content (AvgIpc) is 2.79. The average molecular weight is 448 g/mol. The Hall–Kier alpha value is -2.39. The molecule has 0 atom stereocenters. The van der Waals surface area contributed by atoms with E-state index in [2.05, 4.69) is 72.1 Å². The molecule has 0 amide bonds. The van der Waals surface area contributed by atoms with Gasteiger partial charge in [0.05, 0.1) is 5.56 Å². The maximum atomic E-state index is 12.4. The number of aryl methyl sites for hydroxylation is 1. The zero-order valence-electron chi connectivity index (χ0n) is 21.7. The maximum Gasteiger partial charge on any atom is 0.338 e. The van der Waals surface area contributed by atoms with E-state index in [0.29, 0.717) is 12.2 Å². The summed E-state index contributed by atoms with van der Waals surface area (Å²) in [5, 5.41) is 0. The summed E-state index contributed by atoms with van der Waals surface area (Å²) >= 11 is 0. The Morgan fingerprint density at radius 1 is 0.939 bits per heavy atom. The summed E-state index contributed by atoms with van der Waals surface area (Å²) in [5.74, 6) is -0.270. The number of carbonyl (C=O) groups is 1. The highest BCUT2D eigenvalue weighted by molar-refractivity contribution is 5.90. The molecule has 2 aromatic carbocycles. The van der Waals surface area contributed by atoms with Crippen molar-refractivity contribution in [1.82, 2.24) is 4.90 Å². The summed E-state index contributed by atoms with van der Waals surface area (Å²) in [7, 11) is 0. The van der Waals surface area contributed by atoms with Gasteiger partial charge in [0.15, 0.2) is 0 Å². The number of hydrogen-bond donors (Lipinski definition) is 0. The third-order valence-electron chi connectivity index (χ3n) is 7.53. The lowest BCUT2D eigenvalue weighted by molar-refractivity contribution is 0.0466. The van der Waals surface area contributed by atoms with Gasteiger partial charge in [0.25, 0.3) is 0 Å². The number of benzene rings is 2. The highest BCUT2D eigenvalue weighted by atomic mass is 16.5. The maximum absolute atomic E-state index is 12.4. The second kappa shape index (κ2) is 9.85. The van der Waals surface area contributed by atoms with Crippen LogP contribution in [0.15, 0.2) is 43.0 Å². The number of fused-ring (bicyclic) bond motifs is 1. The molecule has 0 heterocycles. The van der Waals surface area contributed by atoms with E-state index in [0.717, 1.165) is 30.8 Å². The van der Waals surface area contributed by atoms with Crippen LogP contribution in [0.25, 0.3) is 5.57 Å². The van der Waals surface area contributed by atoms with E-state index in [1.165, 1.54) is 35.1 Å². The fourth-order valence-corrected chi connectivity index (χ4v) is 4.90. The molecule has 0 aromatic heterocycles. The predicted molar refractivity (Wildman–Crippen MR) is 139 cm³/mol. The van der Waals surface area contributed by atoms with Gasteiger partial charge in [-0.15, -0.1) is 0 Å². The van der Waals surface area contributed by atoms with E-state index >= 15 is 0 Å². The third kappa shape index (κ3) is 5.41. The van der Waals surface area contributed by atoms with Crippen molar-refractivity contribution in [1.29, 1.82) is 0 Å². The lowest BCUT2D eigenvalue weighted by Crippen LogP contribution is -2.34. The standard InChI is InChI=1S/C30H41NO2/c1-9-31(10-2)17-18-33-28(32)24-13-11-23(12-14-24)22(4)25-20-27-26(19-21(25)3)29(5,6)15-16-30(27,7)8/h11-14,19-20H,4,9-10,15-18H2,1-3,5-8H3. The van der Waals surface area contributed by atoms with Crippen molar-refractivity contribution >= 4 is 11.5 Å². The van der Waals surface area contributed by atoms with Gasteiger partial charge in [0.2, 0.25) is 0 Å². The van der Waals surface area contributed by atoms with Crippen molar-refractivity contribution in [3.63, 3.8) is 0 Å². The van der Waals surface area contributed by atoms with E-state index < -0.39 is 0 Å². The van der Waals surface area contributed by atoms with E-state index in [1.807, 2.05) is 24.3 Å². The number of nitrogens with zero attached hydrogens (tertiary/aromatic N) is 1. The molecule has 0 spiro atoms. The van der Waals surface area contributed by atoms with Crippen LogP contribution >= 0.6 is 0 Å². The first-order chi connectivity index (χ1) is 15.5. The van der Waals surface area contributed by atoms with Gasteiger partial charge in [-0.2, -0.15) is 0 Å². The lowest BCUT2D eigenvalue weighted by atomic mass is 9.62. The van der Waals surface area contributed by atoms with Gasteiger partial charge in [0.1, 0.15) is 6.61 Å². The lowest BCUT2D eigenvalue weighted by Gasteiger charge is -2.42. The molecular weight excluding hydrogens is 406 g/mol. The quantitative estimate of drug-likeness (QED) is 0.412. The molecule has 0 unspecified atom stereocenters. The van der Waals surface area contributed by atoms with Crippen LogP contribution in [0.4, 0.5) is 0 Å². The Morgan fingerprint density at radius 3 is 2.00 bits per heavy atom. The molecular formula is C30H41NO2. The van der Waals surface area contributed by atoms with Gasteiger partial charge in [-0.3, -0.25) is 0 Å². The summed E-state index contributed by atoms with van der Waals surface area (Å²) in [6.07, 6.45) is 2.40. The van der Waals surface area contributed by atoms with Gasteiger partial charge in [0, 0.05) is 6.54 Å². The van der Waals surface area contributed by atoms with Crippen molar-refractivity contribution in [2.24, 2.45) is 0 Å². The number of ether oxygens (including phenoxy) is 1. The highest BCUT2D eigenvalue weighted by Gasteiger charge is 2.37. The molecule has 0 saturated carbocycles. The molecule has 0 aliphatic heterocycles. The molecule has 3 heteroatoms. The largest absolute Gasteiger partial charge is 0.461 e. The first kappa shape index (κ1) is 25.2. The summed E-state index contributed by atoms with van der Waals surface area (Å²) in [4.78, 5) is 14.7. The molecule has 3 nitrogen and oxygen atoms in total. The third-order valence-corrected chi connectivity index (χ3v) is 7.53. The Morgan fingerprint density at radius 2 is 1.45 bits per heavy atom. The Labute approximate surface area is 200 Å². The van der Waals surface area contributed by atoms with Crippen molar-refractivity contribution in [2.75, 3.05) is 26.2 Å². The highest BCUT2D eigenvalue weighted by Crippen LogP contribution is 2.47. The molecule has 0 fully saturated rings. The van der Waals surface area contributed by atoms with E-state index in [4.69, 9.17) is 4.74 Å². The van der Waals surface area contributed by atoms with E-state index in [9.17, 15) is 4.79 Å². The minimum atomic E-state index is -0.270. The normalized spacial score (nSPS) is 16.4. The Bertz CT molecular complexity index is 1010. The second-order valence-corrected chi connectivity index (χ2v) is 10.7. The van der Waals surface area contributed by atoms with Gasteiger partial charge in [-0.05, 0) is 89.2 Å². The van der Waals surface area contributed by atoms with Gasteiger partial charge < -0.3 is 9.64 Å². The van der Waals surface area contributed by atoms with Gasteiger partial charge in [-0.25, -0.2) is 4.79 Å². The van der Waals surface area contributed by atoms with Gasteiger partial charge in [-0.1, -0.05) is 72.4 Å².